The molecule has 0 saturated carbocycles. The van der Waals surface area contributed by atoms with E-state index in [4.69, 9.17) is 20.9 Å². The molecule has 3 aromatic rings. The fourth-order valence-corrected chi connectivity index (χ4v) is 3.43. The van der Waals surface area contributed by atoms with Crippen LogP contribution >= 0.6 is 11.6 Å². The Morgan fingerprint density at radius 3 is 2.76 bits per heavy atom. The molecule has 1 amide bonds. The molecular formula is C22H22ClN3O3. The fourth-order valence-electron chi connectivity index (χ4n) is 3.25. The number of benzene rings is 2. The molecule has 0 N–H and O–H groups in total. The van der Waals surface area contributed by atoms with Crippen LogP contribution in [-0.2, 0) is 4.79 Å². The van der Waals surface area contributed by atoms with E-state index in [0.717, 1.165) is 17.0 Å². The Balaban J connectivity index is 1.46. The second-order valence-electron chi connectivity index (χ2n) is 7.57. The van der Waals surface area contributed by atoms with Gasteiger partial charge in [0.05, 0.1) is 12.5 Å². The van der Waals surface area contributed by atoms with Crippen molar-refractivity contribution in [1.29, 1.82) is 0 Å². The lowest BCUT2D eigenvalue weighted by Crippen LogP contribution is -2.24. The van der Waals surface area contributed by atoms with Crippen molar-refractivity contribution < 1.29 is 14.1 Å². The Morgan fingerprint density at radius 1 is 1.24 bits per heavy atom. The minimum absolute atomic E-state index is 0.0173. The molecule has 0 aliphatic carbocycles. The van der Waals surface area contributed by atoms with Crippen LogP contribution in [0.1, 0.15) is 32.1 Å². The van der Waals surface area contributed by atoms with Crippen LogP contribution in [0.5, 0.6) is 5.75 Å². The van der Waals surface area contributed by atoms with Crippen molar-refractivity contribution in [3.8, 4) is 17.1 Å². The maximum atomic E-state index is 12.5. The van der Waals surface area contributed by atoms with Gasteiger partial charge in [0.1, 0.15) is 5.75 Å². The van der Waals surface area contributed by atoms with Crippen molar-refractivity contribution in [2.75, 3.05) is 18.1 Å². The molecule has 150 valence electrons. The van der Waals surface area contributed by atoms with Gasteiger partial charge in [-0.3, -0.25) is 4.79 Å². The highest BCUT2D eigenvalue weighted by atomic mass is 35.5. The zero-order chi connectivity index (χ0) is 20.4. The Hall–Kier alpha value is -2.86. The Bertz CT molecular complexity index is 1000. The molecule has 4 rings (SSSR count). The first-order valence-corrected chi connectivity index (χ1v) is 10.00. The van der Waals surface area contributed by atoms with Crippen LogP contribution < -0.4 is 9.64 Å². The van der Waals surface area contributed by atoms with Crippen molar-refractivity contribution in [2.24, 2.45) is 5.92 Å². The summed E-state index contributed by atoms with van der Waals surface area (Å²) in [7, 11) is 0. The van der Waals surface area contributed by atoms with Crippen molar-refractivity contribution >= 4 is 23.2 Å². The molecule has 7 heteroatoms. The SMILES string of the molecule is CC(C)COc1ccc(-c2noc(C3CC(=O)N(c4cccc(Cl)c4)C3)n2)cc1. The van der Waals surface area contributed by atoms with Crippen LogP contribution in [-0.4, -0.2) is 29.2 Å². The molecule has 29 heavy (non-hydrogen) atoms. The summed E-state index contributed by atoms with van der Waals surface area (Å²) in [5.41, 5.74) is 1.62. The minimum Gasteiger partial charge on any atom is -0.493 e. The third-order valence-corrected chi connectivity index (χ3v) is 4.97. The number of carbonyl (C=O) groups excluding carboxylic acids is 1. The molecule has 1 unspecified atom stereocenters. The maximum absolute atomic E-state index is 12.5. The largest absolute Gasteiger partial charge is 0.493 e. The van der Waals surface area contributed by atoms with Gasteiger partial charge >= 0.3 is 0 Å². The zero-order valence-corrected chi connectivity index (χ0v) is 17.1. The highest BCUT2D eigenvalue weighted by Crippen LogP contribution is 2.33. The summed E-state index contributed by atoms with van der Waals surface area (Å²) < 4.78 is 11.2. The number of hydrogen-bond acceptors (Lipinski definition) is 5. The van der Waals surface area contributed by atoms with Crippen molar-refractivity contribution in [3.05, 3.63) is 59.4 Å². The van der Waals surface area contributed by atoms with E-state index in [0.29, 0.717) is 42.2 Å². The van der Waals surface area contributed by atoms with E-state index in [-0.39, 0.29) is 11.8 Å². The van der Waals surface area contributed by atoms with E-state index in [1.807, 2.05) is 36.4 Å². The standard InChI is InChI=1S/C22H22ClN3O3/c1-14(2)13-28-19-8-6-15(7-9-19)21-24-22(29-25-21)16-10-20(27)26(12-16)18-5-3-4-17(23)11-18/h3-9,11,14,16H,10,12-13H2,1-2H3. The number of hydrogen-bond donors (Lipinski definition) is 0. The van der Waals surface area contributed by atoms with E-state index in [1.54, 1.807) is 17.0 Å². The van der Waals surface area contributed by atoms with Crippen LogP contribution in [0, 0.1) is 5.92 Å². The smallest absolute Gasteiger partial charge is 0.232 e. The normalized spacial score (nSPS) is 16.6. The lowest BCUT2D eigenvalue weighted by Gasteiger charge is -2.16. The third kappa shape index (κ3) is 4.43. The van der Waals surface area contributed by atoms with Gasteiger partial charge in [0.15, 0.2) is 0 Å². The predicted molar refractivity (Wildman–Crippen MR) is 111 cm³/mol. The zero-order valence-electron chi connectivity index (χ0n) is 16.3. The molecule has 1 aliphatic heterocycles. The van der Waals surface area contributed by atoms with Gasteiger partial charge < -0.3 is 14.2 Å². The van der Waals surface area contributed by atoms with Gasteiger partial charge in [-0.15, -0.1) is 0 Å². The maximum Gasteiger partial charge on any atom is 0.232 e. The monoisotopic (exact) mass is 411 g/mol. The average Bonchev–Trinajstić information content (AvgIpc) is 3.34. The number of carbonyl (C=O) groups is 1. The first kappa shape index (κ1) is 19.5. The first-order chi connectivity index (χ1) is 14.0. The van der Waals surface area contributed by atoms with E-state index < -0.39 is 0 Å². The number of halogens is 1. The van der Waals surface area contributed by atoms with Gasteiger partial charge in [0.25, 0.3) is 0 Å². The molecule has 0 bridgehead atoms. The molecular weight excluding hydrogens is 390 g/mol. The molecule has 0 spiro atoms. The third-order valence-electron chi connectivity index (χ3n) is 4.73. The molecule has 6 nitrogen and oxygen atoms in total. The topological polar surface area (TPSA) is 68.5 Å². The molecule has 1 aromatic heterocycles. The average molecular weight is 412 g/mol. The van der Waals surface area contributed by atoms with Crippen molar-refractivity contribution in [2.45, 2.75) is 26.2 Å². The van der Waals surface area contributed by atoms with Gasteiger partial charge in [-0.25, -0.2) is 0 Å². The summed E-state index contributed by atoms with van der Waals surface area (Å²) in [5, 5.41) is 4.69. The second-order valence-corrected chi connectivity index (χ2v) is 8.01. The number of nitrogens with zero attached hydrogens (tertiary/aromatic N) is 3. The van der Waals surface area contributed by atoms with E-state index in [1.165, 1.54) is 0 Å². The summed E-state index contributed by atoms with van der Waals surface area (Å²) >= 11 is 6.05. The van der Waals surface area contributed by atoms with Crippen LogP contribution in [0.4, 0.5) is 5.69 Å². The molecule has 1 atom stereocenters. The second kappa shape index (κ2) is 8.25. The minimum atomic E-state index is -0.142. The fraction of sp³-hybridized carbons (Fsp3) is 0.318. The predicted octanol–water partition coefficient (Wildman–Crippen LogP) is 4.95. The van der Waals surface area contributed by atoms with Crippen molar-refractivity contribution in [1.82, 2.24) is 10.1 Å². The number of rotatable bonds is 6. The lowest BCUT2D eigenvalue weighted by atomic mass is 10.1. The molecule has 1 aliphatic rings. The highest BCUT2D eigenvalue weighted by Gasteiger charge is 2.35. The summed E-state index contributed by atoms with van der Waals surface area (Å²) in [6, 6.07) is 14.9. The Labute approximate surface area is 174 Å². The van der Waals surface area contributed by atoms with E-state index >= 15 is 0 Å². The molecule has 1 saturated heterocycles. The Morgan fingerprint density at radius 2 is 2.03 bits per heavy atom. The van der Waals surface area contributed by atoms with Gasteiger partial charge in [0, 0.05) is 29.2 Å². The number of amides is 1. The molecule has 0 radical (unpaired) electrons. The lowest BCUT2D eigenvalue weighted by molar-refractivity contribution is -0.117. The number of anilines is 1. The summed E-state index contributed by atoms with van der Waals surface area (Å²) in [6.45, 7) is 5.38. The van der Waals surface area contributed by atoms with Gasteiger partial charge in [-0.05, 0) is 48.4 Å². The highest BCUT2D eigenvalue weighted by molar-refractivity contribution is 6.30. The summed E-state index contributed by atoms with van der Waals surface area (Å²) in [6.07, 6.45) is 0.329. The van der Waals surface area contributed by atoms with Crippen LogP contribution in [0.2, 0.25) is 5.02 Å². The van der Waals surface area contributed by atoms with Crippen LogP contribution in [0.25, 0.3) is 11.4 Å². The van der Waals surface area contributed by atoms with Gasteiger partial charge in [0.2, 0.25) is 17.6 Å². The number of ether oxygens (including phenoxy) is 1. The first-order valence-electron chi connectivity index (χ1n) is 9.62. The quantitative estimate of drug-likeness (QED) is 0.574. The molecule has 2 aromatic carbocycles. The van der Waals surface area contributed by atoms with E-state index in [2.05, 4.69) is 24.0 Å². The summed E-state index contributed by atoms with van der Waals surface area (Å²) in [4.78, 5) is 18.7. The summed E-state index contributed by atoms with van der Waals surface area (Å²) in [5.74, 6) is 2.13. The van der Waals surface area contributed by atoms with Gasteiger partial charge in [-0.2, -0.15) is 4.98 Å². The van der Waals surface area contributed by atoms with Crippen LogP contribution in [0.15, 0.2) is 53.1 Å². The van der Waals surface area contributed by atoms with Crippen LogP contribution in [0.3, 0.4) is 0 Å². The van der Waals surface area contributed by atoms with E-state index in [9.17, 15) is 4.79 Å². The van der Waals surface area contributed by atoms with Gasteiger partial charge in [-0.1, -0.05) is 36.7 Å². The Kier molecular flexibility index (Phi) is 5.53. The van der Waals surface area contributed by atoms with Crippen molar-refractivity contribution in [3.63, 3.8) is 0 Å². The number of aromatic nitrogens is 2. The molecule has 1 fully saturated rings. The molecule has 2 heterocycles.